The fraction of sp³-hybridized carbons (Fsp3) is 0.333. The molecule has 0 saturated carbocycles. The first kappa shape index (κ1) is 21.4. The number of amides is 1. The van der Waals surface area contributed by atoms with Gasteiger partial charge in [-0.05, 0) is 31.0 Å². The minimum atomic E-state index is -3.32. The van der Waals surface area contributed by atoms with Gasteiger partial charge >= 0.3 is 0 Å². The molecule has 7 nitrogen and oxygen atoms in total. The fourth-order valence-corrected chi connectivity index (χ4v) is 4.81. The predicted molar refractivity (Wildman–Crippen MR) is 111 cm³/mol. The van der Waals surface area contributed by atoms with Crippen LogP contribution in [0, 0.1) is 11.6 Å². The SMILES string of the molecule is CS(=O)(=O)N1CCC[C@H](c2nc(C(=O)NCc3ccc(F)cc3F)c3ccccn23)C1. The normalized spacial score (nSPS) is 17.7. The van der Waals surface area contributed by atoms with Crippen LogP contribution in [0.25, 0.3) is 5.52 Å². The molecule has 1 aliphatic rings. The molecule has 0 aliphatic carbocycles. The highest BCUT2D eigenvalue weighted by molar-refractivity contribution is 7.88. The van der Waals surface area contributed by atoms with Crippen LogP contribution in [0.4, 0.5) is 8.78 Å². The molecule has 3 heterocycles. The number of pyridine rings is 1. The van der Waals surface area contributed by atoms with E-state index in [0.717, 1.165) is 18.6 Å². The van der Waals surface area contributed by atoms with Gasteiger partial charge in [0.15, 0.2) is 5.69 Å². The number of imidazole rings is 1. The summed E-state index contributed by atoms with van der Waals surface area (Å²) in [4.78, 5) is 17.4. The van der Waals surface area contributed by atoms with E-state index in [1.807, 2.05) is 6.07 Å². The summed E-state index contributed by atoms with van der Waals surface area (Å²) in [5, 5.41) is 2.63. The van der Waals surface area contributed by atoms with Gasteiger partial charge in [0.1, 0.15) is 17.5 Å². The van der Waals surface area contributed by atoms with Gasteiger partial charge in [0, 0.05) is 43.4 Å². The van der Waals surface area contributed by atoms with Crippen LogP contribution in [0.5, 0.6) is 0 Å². The molecule has 0 unspecified atom stereocenters. The van der Waals surface area contributed by atoms with Crippen LogP contribution in [-0.2, 0) is 16.6 Å². The zero-order chi connectivity index (χ0) is 22.2. The largest absolute Gasteiger partial charge is 0.346 e. The van der Waals surface area contributed by atoms with Crippen LogP contribution in [0.2, 0.25) is 0 Å². The number of aromatic nitrogens is 2. The summed E-state index contributed by atoms with van der Waals surface area (Å²) in [6.07, 6.45) is 4.42. The van der Waals surface area contributed by atoms with Crippen molar-refractivity contribution >= 4 is 21.4 Å². The average Bonchev–Trinajstić information content (AvgIpc) is 3.12. The van der Waals surface area contributed by atoms with E-state index in [1.54, 1.807) is 22.7 Å². The summed E-state index contributed by atoms with van der Waals surface area (Å²) in [6, 6.07) is 8.52. The smallest absolute Gasteiger partial charge is 0.272 e. The van der Waals surface area contributed by atoms with Gasteiger partial charge in [0.05, 0.1) is 11.8 Å². The molecule has 4 rings (SSSR count). The molecule has 0 bridgehead atoms. The van der Waals surface area contributed by atoms with Crippen molar-refractivity contribution in [1.82, 2.24) is 19.0 Å². The Morgan fingerprint density at radius 2 is 2.06 bits per heavy atom. The van der Waals surface area contributed by atoms with E-state index in [2.05, 4.69) is 10.3 Å². The predicted octanol–water partition coefficient (Wildman–Crippen LogP) is 2.68. The Kier molecular flexibility index (Phi) is 5.76. The van der Waals surface area contributed by atoms with E-state index in [1.165, 1.54) is 16.6 Å². The van der Waals surface area contributed by atoms with Crippen molar-refractivity contribution in [3.05, 3.63) is 71.3 Å². The lowest BCUT2D eigenvalue weighted by molar-refractivity contribution is 0.0947. The highest BCUT2D eigenvalue weighted by Crippen LogP contribution is 2.29. The molecule has 3 aromatic rings. The molecule has 1 amide bonds. The van der Waals surface area contributed by atoms with Crippen molar-refractivity contribution in [3.8, 4) is 0 Å². The molecule has 164 valence electrons. The van der Waals surface area contributed by atoms with Crippen molar-refractivity contribution in [2.75, 3.05) is 19.3 Å². The number of nitrogens with zero attached hydrogens (tertiary/aromatic N) is 3. The van der Waals surface area contributed by atoms with Crippen molar-refractivity contribution in [3.63, 3.8) is 0 Å². The lowest BCUT2D eigenvalue weighted by Crippen LogP contribution is -2.38. The number of fused-ring (bicyclic) bond motifs is 1. The Bertz CT molecular complexity index is 1240. The van der Waals surface area contributed by atoms with Crippen LogP contribution in [0.15, 0.2) is 42.6 Å². The Morgan fingerprint density at radius 3 is 2.81 bits per heavy atom. The van der Waals surface area contributed by atoms with Gasteiger partial charge in [0.25, 0.3) is 5.91 Å². The van der Waals surface area contributed by atoms with Crippen LogP contribution in [0.3, 0.4) is 0 Å². The summed E-state index contributed by atoms with van der Waals surface area (Å²) in [5.74, 6) is -1.46. The van der Waals surface area contributed by atoms with E-state index in [0.29, 0.717) is 30.9 Å². The average molecular weight is 448 g/mol. The molecule has 1 saturated heterocycles. The maximum Gasteiger partial charge on any atom is 0.272 e. The zero-order valence-electron chi connectivity index (χ0n) is 16.9. The van der Waals surface area contributed by atoms with Crippen LogP contribution < -0.4 is 5.32 Å². The third-order valence-corrected chi connectivity index (χ3v) is 6.73. The van der Waals surface area contributed by atoms with Crippen molar-refractivity contribution in [1.29, 1.82) is 0 Å². The zero-order valence-corrected chi connectivity index (χ0v) is 17.7. The standard InChI is InChI=1S/C21H22F2N4O3S/c1-31(29,30)26-9-4-5-15(13-26)20-25-19(18-6-2-3-10-27(18)20)21(28)24-12-14-7-8-16(22)11-17(14)23/h2-3,6-8,10-11,15H,4-5,9,12-13H2,1H3,(H,24,28)/t15-/m0/s1. The highest BCUT2D eigenvalue weighted by Gasteiger charge is 2.30. The minimum absolute atomic E-state index is 0.114. The van der Waals surface area contributed by atoms with Gasteiger partial charge < -0.3 is 9.72 Å². The summed E-state index contributed by atoms with van der Waals surface area (Å²) < 4.78 is 54.2. The van der Waals surface area contributed by atoms with E-state index in [4.69, 9.17) is 0 Å². The van der Waals surface area contributed by atoms with Gasteiger partial charge in [-0.1, -0.05) is 12.1 Å². The second kappa shape index (κ2) is 8.35. The summed E-state index contributed by atoms with van der Waals surface area (Å²) in [7, 11) is -3.32. The van der Waals surface area contributed by atoms with Gasteiger partial charge in [-0.3, -0.25) is 4.79 Å². The quantitative estimate of drug-likeness (QED) is 0.651. The number of halogens is 2. The van der Waals surface area contributed by atoms with E-state index in [9.17, 15) is 22.0 Å². The first-order valence-corrected chi connectivity index (χ1v) is 11.7. The van der Waals surface area contributed by atoms with Crippen molar-refractivity contribution < 1.29 is 22.0 Å². The van der Waals surface area contributed by atoms with E-state index in [-0.39, 0.29) is 23.7 Å². The van der Waals surface area contributed by atoms with Crippen molar-refractivity contribution in [2.45, 2.75) is 25.3 Å². The number of piperidine rings is 1. The molecular weight excluding hydrogens is 426 g/mol. The summed E-state index contributed by atoms with van der Waals surface area (Å²) in [5.41, 5.74) is 0.912. The minimum Gasteiger partial charge on any atom is -0.346 e. The number of carbonyl (C=O) groups is 1. The molecule has 10 heteroatoms. The molecule has 1 fully saturated rings. The molecule has 1 aliphatic heterocycles. The number of hydrogen-bond donors (Lipinski definition) is 1. The van der Waals surface area contributed by atoms with Crippen LogP contribution in [-0.4, -0.2) is 47.4 Å². The second-order valence-electron chi connectivity index (χ2n) is 7.65. The lowest BCUT2D eigenvalue weighted by atomic mass is 9.99. The first-order chi connectivity index (χ1) is 14.7. The number of nitrogens with one attached hydrogen (secondary N) is 1. The molecule has 1 atom stereocenters. The first-order valence-electron chi connectivity index (χ1n) is 9.88. The Morgan fingerprint density at radius 1 is 1.26 bits per heavy atom. The molecular formula is C21H22F2N4O3S. The molecule has 31 heavy (non-hydrogen) atoms. The number of sulfonamides is 1. The maximum absolute atomic E-state index is 13.9. The Hall–Kier alpha value is -2.85. The summed E-state index contributed by atoms with van der Waals surface area (Å²) in [6.45, 7) is 0.654. The molecule has 2 aromatic heterocycles. The molecule has 1 N–H and O–H groups in total. The topological polar surface area (TPSA) is 83.8 Å². The Balaban J connectivity index is 1.61. The fourth-order valence-electron chi connectivity index (χ4n) is 3.90. The van der Waals surface area contributed by atoms with Gasteiger partial charge in [-0.25, -0.2) is 26.5 Å². The van der Waals surface area contributed by atoms with Gasteiger partial charge in [-0.2, -0.15) is 0 Å². The number of rotatable bonds is 5. The maximum atomic E-state index is 13.9. The number of benzene rings is 1. The molecule has 1 aromatic carbocycles. The lowest BCUT2D eigenvalue weighted by Gasteiger charge is -2.30. The van der Waals surface area contributed by atoms with Gasteiger partial charge in [-0.15, -0.1) is 0 Å². The summed E-state index contributed by atoms with van der Waals surface area (Å²) >= 11 is 0. The number of carbonyl (C=O) groups excluding carboxylic acids is 1. The number of hydrogen-bond acceptors (Lipinski definition) is 4. The second-order valence-corrected chi connectivity index (χ2v) is 9.64. The monoisotopic (exact) mass is 448 g/mol. The van der Waals surface area contributed by atoms with Crippen molar-refractivity contribution in [2.24, 2.45) is 0 Å². The third-order valence-electron chi connectivity index (χ3n) is 5.46. The van der Waals surface area contributed by atoms with Crippen LogP contribution in [0.1, 0.15) is 40.6 Å². The van der Waals surface area contributed by atoms with E-state index < -0.39 is 27.6 Å². The third kappa shape index (κ3) is 4.45. The van der Waals surface area contributed by atoms with E-state index >= 15 is 0 Å². The Labute approximate surface area is 178 Å². The highest BCUT2D eigenvalue weighted by atomic mass is 32.2. The van der Waals surface area contributed by atoms with Gasteiger partial charge in [0.2, 0.25) is 10.0 Å². The van der Waals surface area contributed by atoms with Crippen LogP contribution >= 0.6 is 0 Å². The molecule has 0 spiro atoms. The molecule has 0 radical (unpaired) electrons.